The molecule has 0 aromatic heterocycles. The second kappa shape index (κ2) is 3.00. The normalized spacial score (nSPS) is 29.9. The number of hydrogen-bond donors (Lipinski definition) is 1. The Bertz CT molecular complexity index is 200. The van der Waals surface area contributed by atoms with Crippen molar-refractivity contribution in [1.82, 2.24) is 0 Å². The first kappa shape index (κ1) is 8.20. The van der Waals surface area contributed by atoms with E-state index in [0.29, 0.717) is 12.3 Å². The van der Waals surface area contributed by atoms with Gasteiger partial charge in [0.15, 0.2) is 0 Å². The van der Waals surface area contributed by atoms with Crippen LogP contribution in [0, 0.1) is 5.92 Å². The molecule has 1 aliphatic rings. The Balaban J connectivity index is 2.67. The van der Waals surface area contributed by atoms with Crippen molar-refractivity contribution in [3.8, 4) is 0 Å². The van der Waals surface area contributed by atoms with E-state index in [2.05, 4.69) is 9.73 Å². The number of ether oxygens (including phenoxy) is 1. The van der Waals surface area contributed by atoms with Crippen molar-refractivity contribution in [1.29, 1.82) is 0 Å². The highest BCUT2D eigenvalue weighted by atomic mass is 16.5. The summed E-state index contributed by atoms with van der Waals surface area (Å²) in [6.45, 7) is 2.07. The van der Waals surface area contributed by atoms with E-state index in [1.165, 1.54) is 7.11 Å². The molecule has 2 atom stereocenters. The molecule has 4 nitrogen and oxygen atoms in total. The minimum absolute atomic E-state index is 0.192. The van der Waals surface area contributed by atoms with Crippen molar-refractivity contribution < 1.29 is 14.6 Å². The van der Waals surface area contributed by atoms with E-state index in [1.54, 1.807) is 6.92 Å². The third-order valence-electron chi connectivity index (χ3n) is 1.85. The molecule has 1 N–H and O–H groups in total. The lowest BCUT2D eigenvalue weighted by Gasteiger charge is -2.08. The molecule has 0 saturated heterocycles. The monoisotopic (exact) mass is 157 g/mol. The molecule has 1 rings (SSSR count). The van der Waals surface area contributed by atoms with Crippen LogP contribution in [0.2, 0.25) is 0 Å². The molecular formula is C7H11NO3. The van der Waals surface area contributed by atoms with Crippen molar-refractivity contribution in [2.24, 2.45) is 10.9 Å². The van der Waals surface area contributed by atoms with E-state index < -0.39 is 12.1 Å². The fourth-order valence-electron chi connectivity index (χ4n) is 1.03. The van der Waals surface area contributed by atoms with Gasteiger partial charge in [0.1, 0.15) is 5.71 Å². The largest absolute Gasteiger partial charge is 0.465 e. The van der Waals surface area contributed by atoms with Gasteiger partial charge < -0.3 is 9.84 Å². The van der Waals surface area contributed by atoms with E-state index in [1.807, 2.05) is 0 Å². The number of rotatable bonds is 1. The molecule has 0 saturated carbocycles. The van der Waals surface area contributed by atoms with Crippen LogP contribution in [0.15, 0.2) is 4.99 Å². The van der Waals surface area contributed by atoms with Gasteiger partial charge in [-0.15, -0.1) is 0 Å². The van der Waals surface area contributed by atoms with Crippen LogP contribution in [0.3, 0.4) is 0 Å². The summed E-state index contributed by atoms with van der Waals surface area (Å²) in [5.74, 6) is -0.628. The van der Waals surface area contributed by atoms with Gasteiger partial charge in [-0.25, -0.2) is 4.79 Å². The molecule has 0 radical (unpaired) electrons. The highest BCUT2D eigenvalue weighted by Crippen LogP contribution is 2.14. The zero-order valence-corrected chi connectivity index (χ0v) is 6.57. The number of nitrogens with zero attached hydrogens (tertiary/aromatic N) is 1. The van der Waals surface area contributed by atoms with Gasteiger partial charge in [-0.3, -0.25) is 4.99 Å². The Labute approximate surface area is 64.9 Å². The summed E-state index contributed by atoms with van der Waals surface area (Å²) in [4.78, 5) is 14.8. The number of aliphatic hydroxyl groups is 1. The molecule has 0 aliphatic carbocycles. The van der Waals surface area contributed by atoms with Crippen LogP contribution >= 0.6 is 0 Å². The lowest BCUT2D eigenvalue weighted by atomic mass is 10.0. The zero-order valence-electron chi connectivity index (χ0n) is 6.57. The molecule has 4 heteroatoms. The van der Waals surface area contributed by atoms with E-state index in [-0.39, 0.29) is 5.92 Å². The summed E-state index contributed by atoms with van der Waals surface area (Å²) in [6, 6.07) is 0. The Morgan fingerprint density at radius 1 is 1.82 bits per heavy atom. The van der Waals surface area contributed by atoms with Crippen LogP contribution in [-0.2, 0) is 9.53 Å². The number of methoxy groups -OCH3 is 1. The summed E-state index contributed by atoms with van der Waals surface area (Å²) >= 11 is 0. The van der Waals surface area contributed by atoms with Crippen molar-refractivity contribution in [3.05, 3.63) is 0 Å². The first-order chi connectivity index (χ1) is 5.16. The minimum atomic E-state index is -0.524. The van der Waals surface area contributed by atoms with Crippen LogP contribution in [0.4, 0.5) is 0 Å². The maximum absolute atomic E-state index is 10.9. The highest BCUT2D eigenvalue weighted by Gasteiger charge is 2.30. The molecule has 1 heterocycles. The summed E-state index contributed by atoms with van der Waals surface area (Å²) in [7, 11) is 1.31. The summed E-state index contributed by atoms with van der Waals surface area (Å²) in [6.07, 6.45) is -0.524. The molecule has 0 spiro atoms. The Kier molecular flexibility index (Phi) is 2.24. The third-order valence-corrected chi connectivity index (χ3v) is 1.85. The highest BCUT2D eigenvalue weighted by molar-refractivity contribution is 6.37. The van der Waals surface area contributed by atoms with Crippen molar-refractivity contribution in [2.45, 2.75) is 13.0 Å². The fraction of sp³-hybridized carbons (Fsp3) is 0.714. The summed E-state index contributed by atoms with van der Waals surface area (Å²) < 4.78 is 4.47. The first-order valence-corrected chi connectivity index (χ1v) is 3.47. The number of aliphatic hydroxyl groups excluding tert-OH is 1. The van der Waals surface area contributed by atoms with Gasteiger partial charge in [0.2, 0.25) is 0 Å². The molecule has 62 valence electrons. The second-order valence-electron chi connectivity index (χ2n) is 2.57. The topological polar surface area (TPSA) is 58.9 Å². The quantitative estimate of drug-likeness (QED) is 0.527. The molecule has 1 aliphatic heterocycles. The van der Waals surface area contributed by atoms with Gasteiger partial charge in [-0.1, -0.05) is 6.92 Å². The zero-order chi connectivity index (χ0) is 8.43. The summed E-state index contributed by atoms with van der Waals surface area (Å²) in [5, 5.41) is 9.19. The number of carbonyl (C=O) groups excluding carboxylic acids is 1. The number of carbonyl (C=O) groups is 1. The van der Waals surface area contributed by atoms with Gasteiger partial charge in [-0.2, -0.15) is 0 Å². The van der Waals surface area contributed by atoms with Crippen LogP contribution in [0.25, 0.3) is 0 Å². The molecule has 0 fully saturated rings. The summed E-state index contributed by atoms with van der Waals surface area (Å²) in [5.41, 5.74) is 0.347. The second-order valence-corrected chi connectivity index (χ2v) is 2.57. The smallest absolute Gasteiger partial charge is 0.352 e. The maximum atomic E-state index is 10.9. The Morgan fingerprint density at radius 3 is 2.82 bits per heavy atom. The van der Waals surface area contributed by atoms with Crippen molar-refractivity contribution >= 4 is 11.7 Å². The Morgan fingerprint density at radius 2 is 2.45 bits per heavy atom. The van der Waals surface area contributed by atoms with E-state index in [0.717, 1.165) is 0 Å². The van der Waals surface area contributed by atoms with Gasteiger partial charge in [0.05, 0.1) is 19.8 Å². The average Bonchev–Trinajstić information content (AvgIpc) is 2.32. The molecule has 0 bridgehead atoms. The number of aliphatic imine (C=N–C) groups is 1. The van der Waals surface area contributed by atoms with E-state index in [4.69, 9.17) is 0 Å². The molecule has 0 aromatic carbocycles. The standard InChI is InChI=1S/C7H11NO3/c1-4-5(9)3-8-6(4)7(10)11-2/h4-5,9H,3H2,1-2H3/t4-,5+/m1/s1. The van der Waals surface area contributed by atoms with Crippen LogP contribution in [0.1, 0.15) is 6.92 Å². The fourth-order valence-corrected chi connectivity index (χ4v) is 1.03. The predicted molar refractivity (Wildman–Crippen MR) is 39.5 cm³/mol. The van der Waals surface area contributed by atoms with Crippen LogP contribution in [-0.4, -0.2) is 36.5 Å². The third kappa shape index (κ3) is 1.40. The van der Waals surface area contributed by atoms with Crippen molar-refractivity contribution in [2.75, 3.05) is 13.7 Å². The molecular weight excluding hydrogens is 146 g/mol. The lowest BCUT2D eigenvalue weighted by Crippen LogP contribution is -2.26. The lowest BCUT2D eigenvalue weighted by molar-refractivity contribution is -0.133. The van der Waals surface area contributed by atoms with Gasteiger partial charge >= 0.3 is 5.97 Å². The Hall–Kier alpha value is -0.900. The molecule has 0 amide bonds. The average molecular weight is 157 g/mol. The number of esters is 1. The van der Waals surface area contributed by atoms with E-state index in [9.17, 15) is 9.90 Å². The minimum Gasteiger partial charge on any atom is -0.465 e. The van der Waals surface area contributed by atoms with Gasteiger partial charge in [-0.05, 0) is 0 Å². The van der Waals surface area contributed by atoms with Crippen molar-refractivity contribution in [3.63, 3.8) is 0 Å². The van der Waals surface area contributed by atoms with Crippen LogP contribution in [0.5, 0.6) is 0 Å². The number of hydrogen-bond acceptors (Lipinski definition) is 4. The molecule has 0 aromatic rings. The SMILES string of the molecule is COC(=O)C1=NC[C@H](O)[C@H]1C. The van der Waals surface area contributed by atoms with E-state index >= 15 is 0 Å². The predicted octanol–water partition coefficient (Wildman–Crippen LogP) is -0.389. The van der Waals surface area contributed by atoms with Crippen LogP contribution < -0.4 is 0 Å². The van der Waals surface area contributed by atoms with Gasteiger partial charge in [0.25, 0.3) is 0 Å². The maximum Gasteiger partial charge on any atom is 0.352 e. The molecule has 11 heavy (non-hydrogen) atoms. The molecule has 0 unspecified atom stereocenters. The first-order valence-electron chi connectivity index (χ1n) is 3.47. The van der Waals surface area contributed by atoms with Gasteiger partial charge in [0, 0.05) is 5.92 Å².